The molecule has 0 radical (unpaired) electrons. The summed E-state index contributed by atoms with van der Waals surface area (Å²) >= 11 is 0. The highest BCUT2D eigenvalue weighted by molar-refractivity contribution is 7.47. The minimum atomic E-state index is -4.74. The van der Waals surface area contributed by atoms with Gasteiger partial charge in [-0.25, -0.2) is 4.57 Å². The summed E-state index contributed by atoms with van der Waals surface area (Å²) in [6, 6.07) is -1.54. The van der Waals surface area contributed by atoms with Crippen molar-refractivity contribution >= 4 is 25.7 Å². The molecule has 0 fully saturated rings. The number of allylic oxidation sites excluding steroid dienone is 16. The Bertz CT molecular complexity index is 1350. The van der Waals surface area contributed by atoms with Gasteiger partial charge >= 0.3 is 25.7 Å². The fourth-order valence-electron chi connectivity index (χ4n) is 5.04. The average molecular weight is 832 g/mol. The van der Waals surface area contributed by atoms with Crippen LogP contribution in [0.3, 0.4) is 0 Å². The van der Waals surface area contributed by atoms with Gasteiger partial charge in [0, 0.05) is 12.8 Å². The molecule has 3 atom stereocenters. The van der Waals surface area contributed by atoms with Gasteiger partial charge in [0.15, 0.2) is 6.10 Å². The van der Waals surface area contributed by atoms with Crippen LogP contribution in [0, 0.1) is 0 Å². The lowest BCUT2D eigenvalue weighted by atomic mass is 10.1. The van der Waals surface area contributed by atoms with Gasteiger partial charge in [0.2, 0.25) is 0 Å². The van der Waals surface area contributed by atoms with Gasteiger partial charge < -0.3 is 25.2 Å². The third-order valence-electron chi connectivity index (χ3n) is 8.33. The van der Waals surface area contributed by atoms with Crippen LogP contribution in [-0.2, 0) is 37.5 Å². The number of unbranched alkanes of at least 4 members (excludes halogenated alkanes) is 8. The van der Waals surface area contributed by atoms with Crippen molar-refractivity contribution in [2.45, 2.75) is 154 Å². The Hall–Kier alpha value is -3.60. The molecule has 0 saturated heterocycles. The minimum Gasteiger partial charge on any atom is -0.480 e. The van der Waals surface area contributed by atoms with Crippen molar-refractivity contribution in [3.05, 3.63) is 97.2 Å². The highest BCUT2D eigenvalue weighted by Gasteiger charge is 2.28. The van der Waals surface area contributed by atoms with E-state index in [9.17, 15) is 23.8 Å². The van der Waals surface area contributed by atoms with Crippen molar-refractivity contribution < 1.29 is 47.5 Å². The Morgan fingerprint density at radius 3 is 1.38 bits per heavy atom. The van der Waals surface area contributed by atoms with Crippen molar-refractivity contribution in [1.82, 2.24) is 0 Å². The molecule has 58 heavy (non-hydrogen) atoms. The Labute approximate surface area is 349 Å². The zero-order valence-corrected chi connectivity index (χ0v) is 36.2. The second-order valence-electron chi connectivity index (χ2n) is 13.7. The summed E-state index contributed by atoms with van der Waals surface area (Å²) in [7, 11) is -4.74. The van der Waals surface area contributed by atoms with Crippen LogP contribution in [-0.4, -0.2) is 59.9 Å². The SMILES string of the molecule is CC/C=C\C/C=C\C/C=C\C/C=C\C/C=C\CCCCCC(=O)O[C@H](COC(=O)CCCCCCC/C=C\C/C=C\C/C=C\CC)COP(=O)(O)OC[C@H](N)C(=O)O. The second-order valence-corrected chi connectivity index (χ2v) is 15.2. The maximum Gasteiger partial charge on any atom is 0.472 e. The molecule has 11 nitrogen and oxygen atoms in total. The number of hydrogen-bond acceptors (Lipinski definition) is 9. The number of carbonyl (C=O) groups is 3. The quantitative estimate of drug-likeness (QED) is 0.0234. The zero-order valence-electron chi connectivity index (χ0n) is 35.3. The molecule has 328 valence electrons. The first kappa shape index (κ1) is 54.4. The van der Waals surface area contributed by atoms with E-state index in [1.54, 1.807) is 0 Å². The lowest BCUT2D eigenvalue weighted by molar-refractivity contribution is -0.161. The Morgan fingerprint density at radius 2 is 0.914 bits per heavy atom. The molecule has 0 bridgehead atoms. The van der Waals surface area contributed by atoms with E-state index < -0.39 is 51.1 Å². The lowest BCUT2D eigenvalue weighted by Gasteiger charge is -2.20. The normalized spacial score (nSPS) is 14.7. The summed E-state index contributed by atoms with van der Waals surface area (Å²) in [5.41, 5.74) is 5.33. The third-order valence-corrected chi connectivity index (χ3v) is 9.28. The van der Waals surface area contributed by atoms with E-state index in [0.717, 1.165) is 103 Å². The summed E-state index contributed by atoms with van der Waals surface area (Å²) in [5.74, 6) is -2.46. The summed E-state index contributed by atoms with van der Waals surface area (Å²) in [4.78, 5) is 45.9. The molecule has 0 heterocycles. The van der Waals surface area contributed by atoms with Crippen LogP contribution in [0.15, 0.2) is 97.2 Å². The second kappa shape index (κ2) is 40.2. The van der Waals surface area contributed by atoms with Gasteiger partial charge in [0.05, 0.1) is 13.2 Å². The molecule has 0 aliphatic heterocycles. The number of rotatable bonds is 38. The van der Waals surface area contributed by atoms with E-state index in [0.29, 0.717) is 12.8 Å². The summed E-state index contributed by atoms with van der Waals surface area (Å²) in [6.07, 6.45) is 50.4. The Kier molecular flexibility index (Phi) is 37.7. The van der Waals surface area contributed by atoms with E-state index in [1.165, 1.54) is 0 Å². The number of esters is 2. The minimum absolute atomic E-state index is 0.112. The number of carboxylic acids is 1. The Balaban J connectivity index is 4.49. The standard InChI is InChI=1S/C46H74NO10P/c1-3-5-7-9-11-13-15-17-19-20-21-22-24-26-28-30-32-34-36-38-45(49)57-42(40-55-58(52,53)56-41-43(47)46(50)51)39-54-44(48)37-35-33-31-29-27-25-23-18-16-14-12-10-8-6-4-2/h5-8,11-14,17-19,21-23,26,28,42-43H,3-4,9-10,15-16,20,24-25,27,29-41,47H2,1-2H3,(H,50,51)(H,52,53)/b7-5-,8-6-,13-11-,14-12-,19-17-,22-21-,23-18-,28-26-/t42-,43+/m1/s1. The van der Waals surface area contributed by atoms with Gasteiger partial charge in [-0.15, -0.1) is 0 Å². The van der Waals surface area contributed by atoms with Gasteiger partial charge in [-0.2, -0.15) is 0 Å². The lowest BCUT2D eigenvalue weighted by Crippen LogP contribution is -2.34. The van der Waals surface area contributed by atoms with Crippen LogP contribution in [0.2, 0.25) is 0 Å². The number of nitrogens with two attached hydrogens (primary N) is 1. The molecule has 1 unspecified atom stereocenters. The average Bonchev–Trinajstić information content (AvgIpc) is 3.20. The van der Waals surface area contributed by atoms with Crippen LogP contribution < -0.4 is 5.73 Å². The number of carboxylic acid groups (broad SMARTS) is 1. The number of hydrogen-bond donors (Lipinski definition) is 3. The van der Waals surface area contributed by atoms with E-state index in [1.807, 2.05) is 0 Å². The first-order valence-corrected chi connectivity index (χ1v) is 22.8. The smallest absolute Gasteiger partial charge is 0.472 e. The predicted molar refractivity (Wildman–Crippen MR) is 235 cm³/mol. The Morgan fingerprint density at radius 1 is 0.534 bits per heavy atom. The predicted octanol–water partition coefficient (Wildman–Crippen LogP) is 11.3. The first-order chi connectivity index (χ1) is 28.1. The fourth-order valence-corrected chi connectivity index (χ4v) is 5.82. The monoisotopic (exact) mass is 832 g/mol. The molecule has 0 saturated carbocycles. The molecule has 0 amide bonds. The molecule has 0 aromatic heterocycles. The molecular weight excluding hydrogens is 757 g/mol. The van der Waals surface area contributed by atoms with E-state index in [4.69, 9.17) is 24.8 Å². The van der Waals surface area contributed by atoms with Gasteiger partial charge in [0.25, 0.3) is 0 Å². The molecule has 12 heteroatoms. The number of aliphatic carboxylic acids is 1. The number of phosphoric ester groups is 1. The van der Waals surface area contributed by atoms with Gasteiger partial charge in [-0.1, -0.05) is 137 Å². The molecular formula is C46H74NO10P. The zero-order chi connectivity index (χ0) is 42.8. The molecule has 0 aliphatic carbocycles. The van der Waals surface area contributed by atoms with Crippen LogP contribution in [0.5, 0.6) is 0 Å². The molecule has 0 spiro atoms. The van der Waals surface area contributed by atoms with Crippen LogP contribution in [0.1, 0.15) is 142 Å². The largest absolute Gasteiger partial charge is 0.480 e. The van der Waals surface area contributed by atoms with E-state index in [2.05, 4.69) is 116 Å². The molecule has 0 rings (SSSR count). The highest BCUT2D eigenvalue weighted by Crippen LogP contribution is 2.43. The van der Waals surface area contributed by atoms with Crippen LogP contribution in [0.4, 0.5) is 0 Å². The summed E-state index contributed by atoms with van der Waals surface area (Å²) in [5, 5.41) is 8.89. The first-order valence-electron chi connectivity index (χ1n) is 21.3. The number of phosphoric acid groups is 1. The number of ether oxygens (including phenoxy) is 2. The molecule has 0 aromatic carbocycles. The third kappa shape index (κ3) is 39.2. The topological polar surface area (TPSA) is 172 Å². The fraction of sp³-hybridized carbons (Fsp3) is 0.587. The van der Waals surface area contributed by atoms with Gasteiger partial charge in [-0.05, 0) is 89.9 Å². The van der Waals surface area contributed by atoms with Crippen LogP contribution in [0.25, 0.3) is 0 Å². The molecule has 0 aliphatic rings. The van der Waals surface area contributed by atoms with E-state index in [-0.39, 0.29) is 19.4 Å². The molecule has 4 N–H and O–H groups in total. The van der Waals surface area contributed by atoms with Crippen molar-refractivity contribution in [3.63, 3.8) is 0 Å². The number of carbonyl (C=O) groups excluding carboxylic acids is 2. The summed E-state index contributed by atoms with van der Waals surface area (Å²) in [6.45, 7) is 2.50. The van der Waals surface area contributed by atoms with Crippen molar-refractivity contribution in [3.8, 4) is 0 Å². The van der Waals surface area contributed by atoms with Crippen molar-refractivity contribution in [2.75, 3.05) is 19.8 Å². The summed E-state index contributed by atoms with van der Waals surface area (Å²) < 4.78 is 32.6. The molecule has 0 aromatic rings. The maximum absolute atomic E-state index is 12.6. The van der Waals surface area contributed by atoms with E-state index >= 15 is 0 Å². The van der Waals surface area contributed by atoms with Gasteiger partial charge in [-0.3, -0.25) is 23.4 Å². The van der Waals surface area contributed by atoms with Gasteiger partial charge in [0.1, 0.15) is 12.6 Å². The van der Waals surface area contributed by atoms with Crippen LogP contribution >= 0.6 is 7.82 Å². The maximum atomic E-state index is 12.6. The highest BCUT2D eigenvalue weighted by atomic mass is 31.2. The van der Waals surface area contributed by atoms with Crippen molar-refractivity contribution in [2.24, 2.45) is 5.73 Å². The van der Waals surface area contributed by atoms with Crippen molar-refractivity contribution in [1.29, 1.82) is 0 Å².